The van der Waals surface area contributed by atoms with Crippen LogP contribution in [0.4, 0.5) is 0 Å². The second kappa shape index (κ2) is 9.32. The summed E-state index contributed by atoms with van der Waals surface area (Å²) in [5.74, 6) is 4.91. The number of ketones is 1. The van der Waals surface area contributed by atoms with Gasteiger partial charge in [0.2, 0.25) is 10.0 Å². The maximum atomic E-state index is 12.7. The zero-order chi connectivity index (χ0) is 22.6. The maximum absolute atomic E-state index is 12.7. The van der Waals surface area contributed by atoms with Gasteiger partial charge in [-0.3, -0.25) is 4.79 Å². The smallest absolute Gasteiger partial charge is 0.239 e. The molecule has 0 spiro atoms. The number of rotatable bonds is 6. The van der Waals surface area contributed by atoms with Crippen LogP contribution in [0.25, 0.3) is 0 Å². The average molecular weight is 462 g/mol. The number of Topliss-reactive ketones (excluding diaryl/α,β-unsaturated/α-hetero) is 1. The van der Waals surface area contributed by atoms with E-state index in [9.17, 15) is 26.7 Å². The minimum Gasteiger partial charge on any atom is -0.392 e. The van der Waals surface area contributed by atoms with E-state index in [0.29, 0.717) is 17.0 Å². The Morgan fingerprint density at radius 2 is 1.68 bits per heavy atom. The Balaban J connectivity index is 1.87. The van der Waals surface area contributed by atoms with E-state index >= 15 is 0 Å². The van der Waals surface area contributed by atoms with Crippen LogP contribution in [0.5, 0.6) is 0 Å². The number of sulfonamides is 1. The number of carbonyl (C=O) groups is 1. The minimum atomic E-state index is -4.29. The molecular formula is C22H23NO6S2. The number of nitrogens with two attached hydrogens (primary N) is 1. The van der Waals surface area contributed by atoms with Gasteiger partial charge in [-0.15, -0.1) is 0 Å². The highest BCUT2D eigenvalue weighted by Crippen LogP contribution is 2.24. The van der Waals surface area contributed by atoms with Gasteiger partial charge >= 0.3 is 0 Å². The molecule has 0 saturated heterocycles. The molecule has 0 aliphatic heterocycles. The van der Waals surface area contributed by atoms with Crippen molar-refractivity contribution in [2.45, 2.75) is 42.1 Å². The van der Waals surface area contributed by atoms with Gasteiger partial charge in [-0.25, -0.2) is 22.0 Å². The molecule has 1 saturated carbocycles. The topological polar surface area (TPSA) is 132 Å². The van der Waals surface area contributed by atoms with Crippen LogP contribution in [0.1, 0.15) is 47.2 Å². The van der Waals surface area contributed by atoms with Crippen LogP contribution >= 0.6 is 0 Å². The van der Waals surface area contributed by atoms with Crippen LogP contribution in [0.2, 0.25) is 0 Å². The highest BCUT2D eigenvalue weighted by atomic mass is 32.2. The van der Waals surface area contributed by atoms with Crippen molar-refractivity contribution >= 4 is 25.6 Å². The lowest BCUT2D eigenvalue weighted by Gasteiger charge is -2.10. The molecule has 3 N–H and O–H groups in total. The normalized spacial score (nSPS) is 14.8. The van der Waals surface area contributed by atoms with Crippen molar-refractivity contribution in [2.24, 2.45) is 11.1 Å². The first-order valence-corrected chi connectivity index (χ1v) is 12.9. The average Bonchev–Trinajstić information content (AvgIpc) is 3.25. The predicted octanol–water partition coefficient (Wildman–Crippen LogP) is 2.02. The van der Waals surface area contributed by atoms with Crippen LogP contribution in [-0.2, 0) is 26.5 Å². The van der Waals surface area contributed by atoms with Crippen LogP contribution < -0.4 is 5.14 Å². The zero-order valence-corrected chi connectivity index (χ0v) is 18.4. The molecule has 0 radical (unpaired) electrons. The molecular weight excluding hydrogens is 438 g/mol. The Morgan fingerprint density at radius 3 is 2.29 bits per heavy atom. The molecule has 2 aromatic carbocycles. The molecule has 0 unspecified atom stereocenters. The molecule has 164 valence electrons. The van der Waals surface area contributed by atoms with Crippen molar-refractivity contribution in [2.75, 3.05) is 5.75 Å². The third kappa shape index (κ3) is 5.60. The Bertz CT molecular complexity index is 1260. The fraction of sp³-hybridized carbons (Fsp3) is 0.318. The Morgan fingerprint density at radius 1 is 1.03 bits per heavy atom. The van der Waals surface area contributed by atoms with Crippen molar-refractivity contribution in [3.05, 3.63) is 59.2 Å². The third-order valence-corrected chi connectivity index (χ3v) is 7.94. The molecule has 1 aliphatic carbocycles. The summed E-state index contributed by atoms with van der Waals surface area (Å²) in [6.07, 6.45) is 4.41. The number of benzene rings is 2. The predicted molar refractivity (Wildman–Crippen MR) is 115 cm³/mol. The fourth-order valence-corrected chi connectivity index (χ4v) is 6.22. The monoisotopic (exact) mass is 461 g/mol. The van der Waals surface area contributed by atoms with Crippen LogP contribution in [0.15, 0.2) is 52.3 Å². The maximum Gasteiger partial charge on any atom is 0.239 e. The first-order valence-electron chi connectivity index (χ1n) is 9.75. The summed E-state index contributed by atoms with van der Waals surface area (Å²) in [5.41, 5.74) is 1.11. The molecule has 0 atom stereocenters. The summed E-state index contributed by atoms with van der Waals surface area (Å²) < 4.78 is 48.9. The third-order valence-electron chi connectivity index (χ3n) is 5.18. The number of aliphatic hydroxyl groups is 1. The Hall–Kier alpha value is -2.51. The summed E-state index contributed by atoms with van der Waals surface area (Å²) in [4.78, 5) is 11.6. The van der Waals surface area contributed by atoms with E-state index in [1.54, 1.807) is 6.07 Å². The van der Waals surface area contributed by atoms with Crippen molar-refractivity contribution in [1.82, 2.24) is 0 Å². The Kier molecular flexibility index (Phi) is 6.96. The molecule has 31 heavy (non-hydrogen) atoms. The molecule has 1 fully saturated rings. The lowest BCUT2D eigenvalue weighted by molar-refractivity contribution is 0.102. The molecule has 0 bridgehead atoms. The van der Waals surface area contributed by atoms with E-state index in [2.05, 4.69) is 11.8 Å². The minimum absolute atomic E-state index is 0.0899. The summed E-state index contributed by atoms with van der Waals surface area (Å²) in [7, 11) is -8.56. The van der Waals surface area contributed by atoms with Gasteiger partial charge in [0, 0.05) is 17.0 Å². The zero-order valence-electron chi connectivity index (χ0n) is 16.7. The quantitative estimate of drug-likeness (QED) is 0.500. The van der Waals surface area contributed by atoms with Gasteiger partial charge in [-0.05, 0) is 42.7 Å². The summed E-state index contributed by atoms with van der Waals surface area (Å²) >= 11 is 0. The largest absolute Gasteiger partial charge is 0.392 e. The lowest BCUT2D eigenvalue weighted by atomic mass is 10.0. The summed E-state index contributed by atoms with van der Waals surface area (Å²) in [6.45, 7) is -0.350. The van der Waals surface area contributed by atoms with Crippen LogP contribution in [0.3, 0.4) is 0 Å². The van der Waals surface area contributed by atoms with Gasteiger partial charge < -0.3 is 5.11 Å². The van der Waals surface area contributed by atoms with Crippen molar-refractivity contribution in [3.8, 4) is 11.8 Å². The summed E-state index contributed by atoms with van der Waals surface area (Å²) in [6, 6.07) is 9.35. The SMILES string of the molecule is NS(=O)(=O)c1ccccc1S(=O)(=O)CC(=O)c1ccc(C#CC2CCCC2)c(CO)c1. The summed E-state index contributed by atoms with van der Waals surface area (Å²) in [5, 5.41) is 14.8. The lowest BCUT2D eigenvalue weighted by Crippen LogP contribution is -2.21. The second-order valence-corrected chi connectivity index (χ2v) is 10.9. The molecule has 0 amide bonds. The highest BCUT2D eigenvalue weighted by molar-refractivity contribution is 7.94. The van der Waals surface area contributed by atoms with Gasteiger partial charge in [0.15, 0.2) is 15.6 Å². The van der Waals surface area contributed by atoms with E-state index in [4.69, 9.17) is 5.14 Å². The first-order chi connectivity index (χ1) is 14.6. The molecule has 3 rings (SSSR count). The molecule has 0 heterocycles. The number of hydrogen-bond acceptors (Lipinski definition) is 6. The van der Waals surface area contributed by atoms with E-state index in [-0.39, 0.29) is 12.2 Å². The fourth-order valence-electron chi connectivity index (χ4n) is 3.55. The van der Waals surface area contributed by atoms with E-state index in [1.807, 2.05) is 0 Å². The van der Waals surface area contributed by atoms with Crippen molar-refractivity contribution < 1.29 is 26.7 Å². The molecule has 9 heteroatoms. The van der Waals surface area contributed by atoms with Crippen molar-refractivity contribution in [1.29, 1.82) is 0 Å². The number of sulfone groups is 1. The second-order valence-electron chi connectivity index (χ2n) is 7.45. The van der Waals surface area contributed by atoms with Gasteiger partial charge in [0.05, 0.1) is 11.5 Å². The van der Waals surface area contributed by atoms with Crippen LogP contribution in [-0.4, -0.2) is 33.5 Å². The number of carbonyl (C=O) groups excluding carboxylic acids is 1. The van der Waals surface area contributed by atoms with E-state index < -0.39 is 41.2 Å². The van der Waals surface area contributed by atoms with E-state index in [1.165, 1.54) is 24.3 Å². The number of aliphatic hydroxyl groups excluding tert-OH is 1. The van der Waals surface area contributed by atoms with E-state index in [0.717, 1.165) is 37.8 Å². The highest BCUT2D eigenvalue weighted by Gasteiger charge is 2.27. The number of primary sulfonamides is 1. The van der Waals surface area contributed by atoms with Crippen molar-refractivity contribution in [3.63, 3.8) is 0 Å². The first kappa shape index (κ1) is 23.2. The van der Waals surface area contributed by atoms with Gasteiger partial charge in [-0.1, -0.05) is 42.9 Å². The van der Waals surface area contributed by atoms with Gasteiger partial charge in [0.25, 0.3) is 0 Å². The molecule has 2 aromatic rings. The van der Waals surface area contributed by atoms with Crippen LogP contribution in [0, 0.1) is 17.8 Å². The molecule has 0 aromatic heterocycles. The number of hydrogen-bond donors (Lipinski definition) is 2. The van der Waals surface area contributed by atoms with Gasteiger partial charge in [-0.2, -0.15) is 0 Å². The Labute approximate surface area is 182 Å². The molecule has 7 nitrogen and oxygen atoms in total. The molecule has 1 aliphatic rings. The van der Waals surface area contributed by atoms with Gasteiger partial charge in [0.1, 0.15) is 10.6 Å². The standard InChI is InChI=1S/C22H23NO6S2/c23-31(28,29)22-8-4-3-7-21(22)30(26,27)15-20(25)18-12-11-17(19(13-18)14-24)10-9-16-5-1-2-6-16/h3-4,7-8,11-13,16,24H,1-2,5-6,14-15H2,(H2,23,28,29).